The average Bonchev–Trinajstić information content (AvgIpc) is 3.18. The highest BCUT2D eigenvalue weighted by atomic mass is 79.9. The highest BCUT2D eigenvalue weighted by Gasteiger charge is 2.33. The monoisotopic (exact) mass is 566 g/mol. The van der Waals surface area contributed by atoms with E-state index >= 15 is 0 Å². The third-order valence-corrected chi connectivity index (χ3v) is 6.90. The summed E-state index contributed by atoms with van der Waals surface area (Å²) in [5.41, 5.74) is 2.66. The molecule has 0 radical (unpaired) electrons. The van der Waals surface area contributed by atoms with Gasteiger partial charge in [0.15, 0.2) is 16.7 Å². The van der Waals surface area contributed by atoms with Crippen molar-refractivity contribution in [3.63, 3.8) is 0 Å². The number of methoxy groups -OCH3 is 1. The van der Waals surface area contributed by atoms with E-state index < -0.39 is 0 Å². The van der Waals surface area contributed by atoms with Crippen LogP contribution in [0.5, 0.6) is 11.5 Å². The molecular weight excluding hydrogens is 540 g/mol. The molecule has 0 spiro atoms. The van der Waals surface area contributed by atoms with Crippen molar-refractivity contribution in [2.45, 2.75) is 13.5 Å². The minimum absolute atomic E-state index is 0.103. The topological polar surface area (TPSA) is 60.4 Å². The molecule has 1 heterocycles. The van der Waals surface area contributed by atoms with Crippen molar-refractivity contribution in [3.05, 3.63) is 93.3 Å². The van der Waals surface area contributed by atoms with Gasteiger partial charge in [0.2, 0.25) is 0 Å². The first-order valence-electron chi connectivity index (χ1n) is 11.6. The first kappa shape index (κ1) is 26.0. The number of carbonyl (C=O) groups excluding carboxylic acids is 1. The molecule has 0 N–H and O–H groups in total. The standard InChI is InChI=1S/C28H27BrN2O4S/c1-3-34-15-14-31-27(32)25(36-28(31)30-22-12-8-5-9-13-22)18-21-16-23(29)26(24(17-21)33-2)35-19-20-10-6-4-7-11-20/h4-13,16-18H,3,14-15,19H2,1-2H3/b25-18-,30-28?. The molecule has 3 aromatic carbocycles. The molecule has 4 rings (SSSR count). The van der Waals surface area contributed by atoms with E-state index in [-0.39, 0.29) is 5.91 Å². The Bertz CT molecular complexity index is 1250. The highest BCUT2D eigenvalue weighted by Crippen LogP contribution is 2.40. The second-order valence-electron chi connectivity index (χ2n) is 7.80. The molecule has 186 valence electrons. The van der Waals surface area contributed by atoms with Crippen LogP contribution in [0.4, 0.5) is 5.69 Å². The minimum atomic E-state index is -0.103. The molecule has 1 fully saturated rings. The van der Waals surface area contributed by atoms with Gasteiger partial charge in [0, 0.05) is 6.61 Å². The van der Waals surface area contributed by atoms with E-state index in [0.29, 0.717) is 47.9 Å². The first-order valence-corrected chi connectivity index (χ1v) is 13.2. The molecule has 1 saturated heterocycles. The van der Waals surface area contributed by atoms with E-state index in [0.717, 1.165) is 21.3 Å². The fraction of sp³-hybridized carbons (Fsp3) is 0.214. The Morgan fingerprint density at radius 1 is 1.06 bits per heavy atom. The molecule has 1 amide bonds. The third kappa shape index (κ3) is 6.57. The molecular formula is C28H27BrN2O4S. The van der Waals surface area contributed by atoms with Gasteiger partial charge < -0.3 is 14.2 Å². The summed E-state index contributed by atoms with van der Waals surface area (Å²) in [6.07, 6.45) is 1.85. The molecule has 0 saturated carbocycles. The Morgan fingerprint density at radius 2 is 1.78 bits per heavy atom. The molecule has 0 atom stereocenters. The Kier molecular flexibility index (Phi) is 9.22. The summed E-state index contributed by atoms with van der Waals surface area (Å²) in [5.74, 6) is 1.08. The van der Waals surface area contributed by atoms with Crippen LogP contribution in [0.25, 0.3) is 6.08 Å². The van der Waals surface area contributed by atoms with Crippen LogP contribution in [0.15, 0.2) is 87.2 Å². The number of ether oxygens (including phenoxy) is 3. The smallest absolute Gasteiger partial charge is 0.266 e. The zero-order chi connectivity index (χ0) is 25.3. The van der Waals surface area contributed by atoms with Crippen LogP contribution in [0, 0.1) is 0 Å². The summed E-state index contributed by atoms with van der Waals surface area (Å²) in [7, 11) is 1.60. The van der Waals surface area contributed by atoms with Gasteiger partial charge >= 0.3 is 0 Å². The number of aliphatic imine (C=N–C) groups is 1. The normalized spacial score (nSPS) is 15.6. The quantitative estimate of drug-likeness (QED) is 0.202. The van der Waals surface area contributed by atoms with E-state index in [9.17, 15) is 4.79 Å². The molecule has 0 unspecified atom stereocenters. The third-order valence-electron chi connectivity index (χ3n) is 5.31. The van der Waals surface area contributed by atoms with Gasteiger partial charge in [-0.15, -0.1) is 0 Å². The maximum absolute atomic E-state index is 13.3. The maximum atomic E-state index is 13.3. The van der Waals surface area contributed by atoms with Crippen molar-refractivity contribution in [3.8, 4) is 11.5 Å². The zero-order valence-corrected chi connectivity index (χ0v) is 22.6. The predicted octanol–water partition coefficient (Wildman–Crippen LogP) is 6.68. The second kappa shape index (κ2) is 12.8. The van der Waals surface area contributed by atoms with Crippen LogP contribution in [-0.2, 0) is 16.1 Å². The summed E-state index contributed by atoms with van der Waals surface area (Å²) < 4.78 is 17.9. The van der Waals surface area contributed by atoms with Crippen LogP contribution in [0.2, 0.25) is 0 Å². The summed E-state index contributed by atoms with van der Waals surface area (Å²) >= 11 is 4.96. The Morgan fingerprint density at radius 3 is 2.47 bits per heavy atom. The van der Waals surface area contributed by atoms with Crippen molar-refractivity contribution >= 4 is 50.5 Å². The van der Waals surface area contributed by atoms with Gasteiger partial charge in [-0.2, -0.15) is 0 Å². The van der Waals surface area contributed by atoms with Crippen molar-refractivity contribution in [2.24, 2.45) is 4.99 Å². The minimum Gasteiger partial charge on any atom is -0.493 e. The molecule has 1 aliphatic heterocycles. The van der Waals surface area contributed by atoms with Crippen LogP contribution in [0.3, 0.4) is 0 Å². The summed E-state index contributed by atoms with van der Waals surface area (Å²) in [5, 5.41) is 0.631. The van der Waals surface area contributed by atoms with Gasteiger partial charge in [-0.25, -0.2) is 4.99 Å². The highest BCUT2D eigenvalue weighted by molar-refractivity contribution is 9.10. The van der Waals surface area contributed by atoms with E-state index in [1.807, 2.05) is 85.8 Å². The number of hydrogen-bond donors (Lipinski definition) is 0. The van der Waals surface area contributed by atoms with Crippen LogP contribution >= 0.6 is 27.7 Å². The Balaban J connectivity index is 1.59. The van der Waals surface area contributed by atoms with Gasteiger partial charge in [0.1, 0.15) is 6.61 Å². The van der Waals surface area contributed by atoms with Gasteiger partial charge in [0.05, 0.1) is 35.3 Å². The molecule has 8 heteroatoms. The first-order chi connectivity index (χ1) is 17.6. The zero-order valence-electron chi connectivity index (χ0n) is 20.1. The van der Waals surface area contributed by atoms with E-state index in [1.54, 1.807) is 12.0 Å². The van der Waals surface area contributed by atoms with Crippen LogP contribution in [-0.4, -0.2) is 42.8 Å². The molecule has 6 nitrogen and oxygen atoms in total. The Hall–Kier alpha value is -3.07. The number of hydrogen-bond acceptors (Lipinski definition) is 6. The predicted molar refractivity (Wildman–Crippen MR) is 149 cm³/mol. The number of rotatable bonds is 10. The number of carbonyl (C=O) groups is 1. The number of nitrogens with zero attached hydrogens (tertiary/aromatic N) is 2. The lowest BCUT2D eigenvalue weighted by molar-refractivity contribution is -0.122. The fourth-order valence-corrected chi connectivity index (χ4v) is 5.14. The van der Waals surface area contributed by atoms with E-state index in [4.69, 9.17) is 19.2 Å². The number of amides is 1. The van der Waals surface area contributed by atoms with Crippen molar-refractivity contribution in [1.29, 1.82) is 0 Å². The Labute approximate surface area is 224 Å². The number of amidine groups is 1. The van der Waals surface area contributed by atoms with E-state index in [2.05, 4.69) is 15.9 Å². The van der Waals surface area contributed by atoms with Gasteiger partial charge in [0.25, 0.3) is 5.91 Å². The molecule has 36 heavy (non-hydrogen) atoms. The van der Waals surface area contributed by atoms with Crippen molar-refractivity contribution in [2.75, 3.05) is 26.9 Å². The van der Waals surface area contributed by atoms with Gasteiger partial charge in [-0.05, 0) is 76.1 Å². The largest absolute Gasteiger partial charge is 0.493 e. The summed E-state index contributed by atoms with van der Waals surface area (Å²) in [4.78, 5) is 20.3. The molecule has 1 aliphatic rings. The van der Waals surface area contributed by atoms with Crippen LogP contribution in [0.1, 0.15) is 18.1 Å². The fourth-order valence-electron chi connectivity index (χ4n) is 3.55. The summed E-state index contributed by atoms with van der Waals surface area (Å²) in [6.45, 7) is 3.82. The van der Waals surface area contributed by atoms with Gasteiger partial charge in [-0.3, -0.25) is 9.69 Å². The molecule has 0 aliphatic carbocycles. The van der Waals surface area contributed by atoms with Crippen LogP contribution < -0.4 is 9.47 Å². The summed E-state index contributed by atoms with van der Waals surface area (Å²) in [6, 6.07) is 23.3. The van der Waals surface area contributed by atoms with E-state index in [1.165, 1.54) is 11.8 Å². The SMILES string of the molecule is CCOCCN1C(=O)/C(=C/c2cc(Br)c(OCc3ccccc3)c(OC)c2)SC1=Nc1ccccc1. The molecule has 0 aromatic heterocycles. The number of para-hydroxylation sites is 1. The number of halogens is 1. The number of thioether (sulfide) groups is 1. The lowest BCUT2D eigenvalue weighted by atomic mass is 10.1. The lowest BCUT2D eigenvalue weighted by Crippen LogP contribution is -2.32. The number of benzene rings is 3. The van der Waals surface area contributed by atoms with Gasteiger partial charge in [-0.1, -0.05) is 48.5 Å². The lowest BCUT2D eigenvalue weighted by Gasteiger charge is -2.15. The molecule has 0 bridgehead atoms. The second-order valence-corrected chi connectivity index (χ2v) is 9.67. The van der Waals surface area contributed by atoms with Crippen molar-refractivity contribution < 1.29 is 19.0 Å². The molecule has 3 aromatic rings. The maximum Gasteiger partial charge on any atom is 0.266 e. The van der Waals surface area contributed by atoms with Crippen molar-refractivity contribution in [1.82, 2.24) is 4.90 Å². The average molecular weight is 568 g/mol.